The van der Waals surface area contributed by atoms with Crippen LogP contribution in [0.5, 0.6) is 11.5 Å². The Kier molecular flexibility index (Phi) is 6.62. The number of nitrogens with zero attached hydrogens (tertiary/aromatic N) is 1. The molecule has 5 nitrogen and oxygen atoms in total. The van der Waals surface area contributed by atoms with Gasteiger partial charge in [-0.25, -0.2) is 9.38 Å². The summed E-state index contributed by atoms with van der Waals surface area (Å²) in [6.45, 7) is 6.06. The van der Waals surface area contributed by atoms with Gasteiger partial charge >= 0.3 is 0 Å². The lowest BCUT2D eigenvalue weighted by molar-refractivity contribution is 0.220. The van der Waals surface area contributed by atoms with Crippen LogP contribution in [0.4, 0.5) is 10.1 Å². The Morgan fingerprint density at radius 1 is 1.08 bits per heavy atom. The molecule has 1 unspecified atom stereocenters. The summed E-state index contributed by atoms with van der Waals surface area (Å²) in [7, 11) is 0. The van der Waals surface area contributed by atoms with Crippen LogP contribution in [0.2, 0.25) is 0 Å². The molecule has 2 rings (SSSR count). The number of nitrogens with one attached hydrogen (secondary N) is 1. The average molecular weight is 345 g/mol. The maximum absolute atomic E-state index is 13.5. The predicted molar refractivity (Wildman–Crippen MR) is 98.8 cm³/mol. The number of guanidine groups is 1. The van der Waals surface area contributed by atoms with E-state index in [2.05, 4.69) is 10.3 Å². The fourth-order valence-corrected chi connectivity index (χ4v) is 2.10. The van der Waals surface area contributed by atoms with Crippen molar-refractivity contribution in [1.29, 1.82) is 0 Å². The summed E-state index contributed by atoms with van der Waals surface area (Å²) < 4.78 is 24.6. The Balaban J connectivity index is 1.85. The van der Waals surface area contributed by atoms with Crippen molar-refractivity contribution in [2.24, 2.45) is 10.7 Å². The molecule has 2 aromatic carbocycles. The van der Waals surface area contributed by atoms with E-state index in [1.54, 1.807) is 25.1 Å². The van der Waals surface area contributed by atoms with E-state index in [0.717, 1.165) is 11.4 Å². The summed E-state index contributed by atoms with van der Waals surface area (Å²) in [5.41, 5.74) is 6.68. The van der Waals surface area contributed by atoms with Crippen molar-refractivity contribution in [2.45, 2.75) is 33.0 Å². The Bertz CT molecular complexity index is 702. The summed E-state index contributed by atoms with van der Waals surface area (Å²) in [6, 6.07) is 13.7. The molecule has 1 atom stereocenters. The van der Waals surface area contributed by atoms with Gasteiger partial charge in [-0.15, -0.1) is 0 Å². The van der Waals surface area contributed by atoms with Crippen molar-refractivity contribution in [2.75, 3.05) is 11.9 Å². The van der Waals surface area contributed by atoms with E-state index < -0.39 is 5.82 Å². The third-order valence-electron chi connectivity index (χ3n) is 3.18. The molecule has 134 valence electrons. The number of aliphatic imine (C=N–C) groups is 1. The molecule has 0 aromatic heterocycles. The van der Waals surface area contributed by atoms with E-state index in [9.17, 15) is 4.39 Å². The van der Waals surface area contributed by atoms with Crippen molar-refractivity contribution in [3.8, 4) is 11.5 Å². The standard InChI is InChI=1S/C19H24FN3O2/c1-13(2)24-16-10-8-15(9-11-16)23-19(21)22-12-14(3)25-18-7-5-4-6-17(18)20/h4-11,13-14H,12H2,1-3H3,(H3,21,22,23). The molecule has 2 aromatic rings. The second kappa shape index (κ2) is 8.92. The zero-order valence-electron chi connectivity index (χ0n) is 14.7. The molecule has 25 heavy (non-hydrogen) atoms. The zero-order chi connectivity index (χ0) is 18.2. The zero-order valence-corrected chi connectivity index (χ0v) is 14.7. The van der Waals surface area contributed by atoms with Gasteiger partial charge in [0.25, 0.3) is 0 Å². The van der Waals surface area contributed by atoms with E-state index in [1.165, 1.54) is 6.07 Å². The molecule has 0 aliphatic heterocycles. The first-order chi connectivity index (χ1) is 11.9. The lowest BCUT2D eigenvalue weighted by Crippen LogP contribution is -2.25. The topological polar surface area (TPSA) is 68.9 Å². The van der Waals surface area contributed by atoms with Crippen LogP contribution in [0, 0.1) is 5.82 Å². The van der Waals surface area contributed by atoms with Gasteiger partial charge in [-0.1, -0.05) is 12.1 Å². The SMILES string of the molecule is CC(C)Oc1ccc(NC(N)=NCC(C)Oc2ccccc2F)cc1. The number of nitrogens with two attached hydrogens (primary N) is 1. The summed E-state index contributed by atoms with van der Waals surface area (Å²) in [4.78, 5) is 4.22. The van der Waals surface area contributed by atoms with Crippen LogP contribution in [0.15, 0.2) is 53.5 Å². The monoisotopic (exact) mass is 345 g/mol. The van der Waals surface area contributed by atoms with Crippen LogP contribution in [-0.2, 0) is 0 Å². The van der Waals surface area contributed by atoms with Crippen molar-refractivity contribution in [3.05, 3.63) is 54.3 Å². The Morgan fingerprint density at radius 3 is 2.40 bits per heavy atom. The molecule has 0 heterocycles. The molecular formula is C19H24FN3O2. The summed E-state index contributed by atoms with van der Waals surface area (Å²) in [5, 5.41) is 3.00. The maximum atomic E-state index is 13.5. The third-order valence-corrected chi connectivity index (χ3v) is 3.18. The number of benzene rings is 2. The van der Waals surface area contributed by atoms with Gasteiger partial charge in [0.2, 0.25) is 0 Å². The predicted octanol–water partition coefficient (Wildman–Crippen LogP) is 3.81. The molecule has 0 fully saturated rings. The quantitative estimate of drug-likeness (QED) is 0.591. The fourth-order valence-electron chi connectivity index (χ4n) is 2.10. The summed E-state index contributed by atoms with van der Waals surface area (Å²) >= 11 is 0. The van der Waals surface area contributed by atoms with Gasteiger partial charge in [0.1, 0.15) is 11.9 Å². The van der Waals surface area contributed by atoms with Gasteiger partial charge in [-0.05, 0) is 57.2 Å². The molecular weight excluding hydrogens is 321 g/mol. The van der Waals surface area contributed by atoms with Crippen LogP contribution in [0.25, 0.3) is 0 Å². The van der Waals surface area contributed by atoms with Crippen LogP contribution in [0.1, 0.15) is 20.8 Å². The van der Waals surface area contributed by atoms with Gasteiger partial charge in [-0.3, -0.25) is 0 Å². The minimum atomic E-state index is -0.395. The smallest absolute Gasteiger partial charge is 0.193 e. The van der Waals surface area contributed by atoms with Gasteiger partial charge < -0.3 is 20.5 Å². The lowest BCUT2D eigenvalue weighted by atomic mass is 10.3. The Hall–Kier alpha value is -2.76. The van der Waals surface area contributed by atoms with E-state index in [-0.39, 0.29) is 23.9 Å². The minimum Gasteiger partial charge on any atom is -0.491 e. The molecule has 0 bridgehead atoms. The van der Waals surface area contributed by atoms with E-state index in [0.29, 0.717) is 6.54 Å². The molecule has 0 spiro atoms. The van der Waals surface area contributed by atoms with Gasteiger partial charge in [-0.2, -0.15) is 0 Å². The van der Waals surface area contributed by atoms with Crippen LogP contribution in [-0.4, -0.2) is 24.7 Å². The van der Waals surface area contributed by atoms with E-state index in [1.807, 2.05) is 38.1 Å². The van der Waals surface area contributed by atoms with Gasteiger partial charge in [0.05, 0.1) is 12.6 Å². The average Bonchev–Trinajstić information content (AvgIpc) is 2.56. The second-order valence-electron chi connectivity index (χ2n) is 5.90. The highest BCUT2D eigenvalue weighted by Gasteiger charge is 2.07. The van der Waals surface area contributed by atoms with Crippen molar-refractivity contribution < 1.29 is 13.9 Å². The highest BCUT2D eigenvalue weighted by molar-refractivity contribution is 5.92. The van der Waals surface area contributed by atoms with E-state index >= 15 is 0 Å². The Morgan fingerprint density at radius 2 is 1.76 bits per heavy atom. The van der Waals surface area contributed by atoms with Crippen molar-refractivity contribution in [1.82, 2.24) is 0 Å². The van der Waals surface area contributed by atoms with Gasteiger partial charge in [0.15, 0.2) is 17.5 Å². The van der Waals surface area contributed by atoms with Crippen LogP contribution < -0.4 is 20.5 Å². The normalized spacial score (nSPS) is 12.8. The molecule has 3 N–H and O–H groups in total. The van der Waals surface area contributed by atoms with Crippen molar-refractivity contribution in [3.63, 3.8) is 0 Å². The summed E-state index contributed by atoms with van der Waals surface area (Å²) in [5.74, 6) is 0.870. The first-order valence-electron chi connectivity index (χ1n) is 8.19. The lowest BCUT2D eigenvalue weighted by Gasteiger charge is -2.14. The second-order valence-corrected chi connectivity index (χ2v) is 5.90. The highest BCUT2D eigenvalue weighted by atomic mass is 19.1. The molecule has 0 amide bonds. The largest absolute Gasteiger partial charge is 0.491 e. The molecule has 0 radical (unpaired) electrons. The number of hydrogen-bond acceptors (Lipinski definition) is 3. The first-order valence-corrected chi connectivity index (χ1v) is 8.19. The number of para-hydroxylation sites is 1. The fraction of sp³-hybridized carbons (Fsp3) is 0.316. The maximum Gasteiger partial charge on any atom is 0.193 e. The third kappa shape index (κ3) is 6.33. The number of ether oxygens (including phenoxy) is 2. The highest BCUT2D eigenvalue weighted by Crippen LogP contribution is 2.18. The Labute approximate surface area is 147 Å². The van der Waals surface area contributed by atoms with Gasteiger partial charge in [0, 0.05) is 5.69 Å². The number of anilines is 1. The molecule has 0 aliphatic carbocycles. The number of hydrogen-bond donors (Lipinski definition) is 2. The summed E-state index contributed by atoms with van der Waals surface area (Å²) in [6.07, 6.45) is -0.180. The number of halogens is 1. The van der Waals surface area contributed by atoms with E-state index in [4.69, 9.17) is 15.2 Å². The molecule has 0 saturated carbocycles. The molecule has 0 aliphatic rings. The minimum absolute atomic E-state index is 0.126. The molecule has 6 heteroatoms. The van der Waals surface area contributed by atoms with Crippen molar-refractivity contribution >= 4 is 11.6 Å². The van der Waals surface area contributed by atoms with Crippen LogP contribution in [0.3, 0.4) is 0 Å². The first kappa shape index (κ1) is 18.6. The molecule has 0 saturated heterocycles. The number of rotatable bonds is 7. The van der Waals surface area contributed by atoms with Crippen LogP contribution >= 0.6 is 0 Å².